The van der Waals surface area contributed by atoms with E-state index in [4.69, 9.17) is 12.2 Å². The summed E-state index contributed by atoms with van der Waals surface area (Å²) < 4.78 is 15.9. The van der Waals surface area contributed by atoms with Gasteiger partial charge >= 0.3 is 0 Å². The zero-order valence-corrected chi connectivity index (χ0v) is 18.7. The van der Waals surface area contributed by atoms with Gasteiger partial charge in [-0.1, -0.05) is 12.1 Å². The number of hydrogen-bond acceptors (Lipinski definition) is 2. The van der Waals surface area contributed by atoms with Gasteiger partial charge in [0.15, 0.2) is 5.11 Å². The van der Waals surface area contributed by atoms with E-state index < -0.39 is 0 Å². The highest BCUT2D eigenvalue weighted by molar-refractivity contribution is 7.80. The molecule has 2 atom stereocenters. The number of nitrogens with one attached hydrogen (secondary N) is 1. The summed E-state index contributed by atoms with van der Waals surface area (Å²) in [7, 11) is 0. The summed E-state index contributed by atoms with van der Waals surface area (Å²) in [6.07, 6.45) is 3.86. The standard InChI is InChI=1S/C26H23FN4S/c1-17-8-11-21(16-18(17)2)30-15-5-7-23(30)25-24(22-6-3-4-14-28-22)29-26(32)31(25)20-12-9-19(27)10-13-20/h3-16,24-25H,1-2H3,(H,29,32). The Labute approximate surface area is 192 Å². The van der Waals surface area contributed by atoms with Crippen LogP contribution in [-0.2, 0) is 0 Å². The molecule has 0 aliphatic carbocycles. The average molecular weight is 443 g/mol. The molecule has 32 heavy (non-hydrogen) atoms. The molecule has 1 saturated heterocycles. The highest BCUT2D eigenvalue weighted by atomic mass is 32.1. The van der Waals surface area contributed by atoms with E-state index in [0.29, 0.717) is 5.11 Å². The minimum absolute atomic E-state index is 0.158. The molecule has 2 aromatic heterocycles. The molecule has 4 aromatic rings. The van der Waals surface area contributed by atoms with Crippen molar-refractivity contribution in [3.63, 3.8) is 0 Å². The van der Waals surface area contributed by atoms with Crippen molar-refractivity contribution in [3.05, 3.63) is 114 Å². The number of halogens is 1. The first-order chi connectivity index (χ1) is 15.5. The fourth-order valence-electron chi connectivity index (χ4n) is 4.28. The normalized spacial score (nSPS) is 18.1. The van der Waals surface area contributed by atoms with E-state index in [1.165, 1.54) is 23.3 Å². The number of benzene rings is 2. The molecule has 160 valence electrons. The van der Waals surface area contributed by atoms with Gasteiger partial charge in [-0.2, -0.15) is 0 Å². The molecule has 1 N–H and O–H groups in total. The number of pyridine rings is 1. The molecule has 5 rings (SSSR count). The Kier molecular flexibility index (Phi) is 5.23. The van der Waals surface area contributed by atoms with Crippen molar-refractivity contribution in [1.29, 1.82) is 0 Å². The zero-order chi connectivity index (χ0) is 22.2. The predicted octanol–water partition coefficient (Wildman–Crippen LogP) is 5.81. The summed E-state index contributed by atoms with van der Waals surface area (Å²) in [4.78, 5) is 6.66. The van der Waals surface area contributed by atoms with Gasteiger partial charge in [-0.3, -0.25) is 4.98 Å². The van der Waals surface area contributed by atoms with Crippen LogP contribution in [0.1, 0.15) is 34.6 Å². The van der Waals surface area contributed by atoms with E-state index >= 15 is 0 Å². The Hall–Kier alpha value is -3.51. The van der Waals surface area contributed by atoms with Crippen molar-refractivity contribution in [1.82, 2.24) is 14.9 Å². The third-order valence-electron chi connectivity index (χ3n) is 6.05. The third-order valence-corrected chi connectivity index (χ3v) is 6.37. The first kappa shape index (κ1) is 20.4. The van der Waals surface area contributed by atoms with Crippen LogP contribution in [0, 0.1) is 19.7 Å². The van der Waals surface area contributed by atoms with Crippen molar-refractivity contribution < 1.29 is 4.39 Å². The molecule has 3 heterocycles. The number of thiocarbonyl (C=S) groups is 1. The van der Waals surface area contributed by atoms with Gasteiger partial charge in [0.05, 0.1) is 11.7 Å². The predicted molar refractivity (Wildman–Crippen MR) is 130 cm³/mol. The number of hydrogen-bond donors (Lipinski definition) is 1. The minimum Gasteiger partial charge on any atom is -0.351 e. The van der Waals surface area contributed by atoms with Gasteiger partial charge in [0.1, 0.15) is 11.9 Å². The van der Waals surface area contributed by atoms with Crippen LogP contribution in [0.15, 0.2) is 85.2 Å². The number of nitrogens with zero attached hydrogens (tertiary/aromatic N) is 3. The summed E-state index contributed by atoms with van der Waals surface area (Å²) in [5, 5.41) is 4.05. The summed E-state index contributed by atoms with van der Waals surface area (Å²) in [6, 6.07) is 22.6. The molecule has 1 fully saturated rings. The second-order valence-electron chi connectivity index (χ2n) is 8.04. The molecule has 6 heteroatoms. The number of aromatic nitrogens is 2. The first-order valence-corrected chi connectivity index (χ1v) is 10.9. The van der Waals surface area contributed by atoms with Gasteiger partial charge in [-0.25, -0.2) is 4.39 Å². The highest BCUT2D eigenvalue weighted by Crippen LogP contribution is 2.42. The van der Waals surface area contributed by atoms with Crippen LogP contribution >= 0.6 is 12.2 Å². The number of aryl methyl sites for hydroxylation is 2. The van der Waals surface area contributed by atoms with E-state index in [0.717, 1.165) is 22.8 Å². The fraction of sp³-hybridized carbons (Fsp3) is 0.154. The number of anilines is 1. The second-order valence-corrected chi connectivity index (χ2v) is 8.43. The Bertz CT molecular complexity index is 1270. The lowest BCUT2D eigenvalue weighted by molar-refractivity contribution is 0.549. The lowest BCUT2D eigenvalue weighted by Crippen LogP contribution is -2.30. The van der Waals surface area contributed by atoms with E-state index in [1.807, 2.05) is 24.3 Å². The molecule has 2 aromatic carbocycles. The van der Waals surface area contributed by atoms with Crippen LogP contribution in [0.5, 0.6) is 0 Å². The summed E-state index contributed by atoms with van der Waals surface area (Å²) in [5.74, 6) is -0.275. The van der Waals surface area contributed by atoms with Crippen molar-refractivity contribution in [2.45, 2.75) is 25.9 Å². The van der Waals surface area contributed by atoms with Crippen molar-refractivity contribution in [3.8, 4) is 5.69 Å². The quantitative estimate of drug-likeness (QED) is 0.405. The largest absolute Gasteiger partial charge is 0.351 e. The Morgan fingerprint density at radius 3 is 2.41 bits per heavy atom. The van der Waals surface area contributed by atoms with Crippen LogP contribution in [0.4, 0.5) is 10.1 Å². The molecule has 1 aliphatic heterocycles. The molecular formula is C26H23FN4S. The number of rotatable bonds is 4. The molecule has 2 unspecified atom stereocenters. The van der Waals surface area contributed by atoms with Crippen LogP contribution in [0.25, 0.3) is 5.69 Å². The van der Waals surface area contributed by atoms with Crippen LogP contribution in [0.3, 0.4) is 0 Å². The Balaban J connectivity index is 1.67. The van der Waals surface area contributed by atoms with Crippen LogP contribution < -0.4 is 10.2 Å². The summed E-state index contributed by atoms with van der Waals surface area (Å²) in [5.41, 5.74) is 6.38. The van der Waals surface area contributed by atoms with Crippen molar-refractivity contribution in [2.24, 2.45) is 0 Å². The van der Waals surface area contributed by atoms with Crippen LogP contribution in [0.2, 0.25) is 0 Å². The van der Waals surface area contributed by atoms with Gasteiger partial charge in [-0.05, 0) is 97.9 Å². The molecule has 0 saturated carbocycles. The smallest absolute Gasteiger partial charge is 0.174 e. The lowest BCUT2D eigenvalue weighted by atomic mass is 10.0. The van der Waals surface area contributed by atoms with Gasteiger partial charge < -0.3 is 14.8 Å². The monoisotopic (exact) mass is 442 g/mol. The molecular weight excluding hydrogens is 419 g/mol. The van der Waals surface area contributed by atoms with Gasteiger partial charge in [-0.15, -0.1) is 0 Å². The minimum atomic E-state index is -0.275. The lowest BCUT2D eigenvalue weighted by Gasteiger charge is -2.29. The maximum Gasteiger partial charge on any atom is 0.174 e. The second kappa shape index (κ2) is 8.20. The van der Waals surface area contributed by atoms with Gasteiger partial charge in [0.25, 0.3) is 0 Å². The van der Waals surface area contributed by atoms with Gasteiger partial charge in [0.2, 0.25) is 0 Å². The Morgan fingerprint density at radius 1 is 0.906 bits per heavy atom. The molecule has 0 spiro atoms. The molecule has 0 bridgehead atoms. The molecule has 0 amide bonds. The van der Waals surface area contributed by atoms with E-state index in [-0.39, 0.29) is 17.9 Å². The molecule has 0 radical (unpaired) electrons. The molecule has 4 nitrogen and oxygen atoms in total. The molecule has 1 aliphatic rings. The highest BCUT2D eigenvalue weighted by Gasteiger charge is 2.42. The zero-order valence-electron chi connectivity index (χ0n) is 17.9. The van der Waals surface area contributed by atoms with E-state index in [1.54, 1.807) is 18.3 Å². The SMILES string of the molecule is Cc1ccc(-n2cccc2C2C(c3ccccn3)NC(=S)N2c2ccc(F)cc2)cc1C. The maximum absolute atomic E-state index is 13.7. The maximum atomic E-state index is 13.7. The third kappa shape index (κ3) is 3.56. The van der Waals surface area contributed by atoms with Gasteiger partial charge in [0, 0.05) is 29.5 Å². The summed E-state index contributed by atoms with van der Waals surface area (Å²) in [6.45, 7) is 4.23. The topological polar surface area (TPSA) is 33.1 Å². The average Bonchev–Trinajstić information content (AvgIpc) is 3.41. The summed E-state index contributed by atoms with van der Waals surface area (Å²) >= 11 is 5.77. The first-order valence-electron chi connectivity index (χ1n) is 10.5. The van der Waals surface area contributed by atoms with E-state index in [9.17, 15) is 4.39 Å². The fourth-order valence-corrected chi connectivity index (χ4v) is 4.63. The van der Waals surface area contributed by atoms with Crippen molar-refractivity contribution in [2.75, 3.05) is 4.90 Å². The van der Waals surface area contributed by atoms with Crippen molar-refractivity contribution >= 4 is 23.0 Å². The Morgan fingerprint density at radius 2 is 1.69 bits per heavy atom. The van der Waals surface area contributed by atoms with Crippen LogP contribution in [-0.4, -0.2) is 14.7 Å². The van der Waals surface area contributed by atoms with E-state index in [2.05, 4.69) is 64.1 Å².